The molecule has 0 radical (unpaired) electrons. The molecule has 1 heterocycles. The third-order valence-corrected chi connectivity index (χ3v) is 4.46. The molecule has 22 heavy (non-hydrogen) atoms. The van der Waals surface area contributed by atoms with Crippen LogP contribution in [-0.4, -0.2) is 23.8 Å². The van der Waals surface area contributed by atoms with Gasteiger partial charge < -0.3 is 0 Å². The van der Waals surface area contributed by atoms with Crippen molar-refractivity contribution in [2.45, 2.75) is 33.2 Å². The first kappa shape index (κ1) is 15.0. The summed E-state index contributed by atoms with van der Waals surface area (Å²) in [6, 6.07) is 14.2. The van der Waals surface area contributed by atoms with Crippen molar-refractivity contribution in [2.24, 2.45) is 0 Å². The second kappa shape index (κ2) is 6.45. The number of nitrogens with zero attached hydrogens (tertiary/aromatic N) is 1. The van der Waals surface area contributed by atoms with Gasteiger partial charge in [0.25, 0.3) is 0 Å². The Bertz CT molecular complexity index is 667. The van der Waals surface area contributed by atoms with Crippen molar-refractivity contribution in [3.05, 3.63) is 70.3 Å². The summed E-state index contributed by atoms with van der Waals surface area (Å²) in [6.07, 6.45) is 2.62. The van der Waals surface area contributed by atoms with E-state index in [4.69, 9.17) is 0 Å². The van der Waals surface area contributed by atoms with Gasteiger partial charge in [-0.1, -0.05) is 42.0 Å². The number of benzene rings is 2. The Kier molecular flexibility index (Phi) is 4.39. The molecule has 1 saturated heterocycles. The summed E-state index contributed by atoms with van der Waals surface area (Å²) in [6.45, 7) is 7.41. The van der Waals surface area contributed by atoms with E-state index >= 15 is 0 Å². The highest BCUT2D eigenvalue weighted by atomic mass is 16.1. The highest BCUT2D eigenvalue weighted by Gasteiger charge is 2.14. The van der Waals surface area contributed by atoms with Crippen molar-refractivity contribution >= 4 is 5.78 Å². The van der Waals surface area contributed by atoms with E-state index in [1.807, 2.05) is 44.2 Å². The molecule has 0 amide bonds. The Morgan fingerprint density at radius 2 is 1.68 bits per heavy atom. The van der Waals surface area contributed by atoms with Crippen LogP contribution in [0, 0.1) is 13.8 Å². The van der Waals surface area contributed by atoms with Gasteiger partial charge in [-0.15, -0.1) is 0 Å². The average Bonchev–Trinajstić information content (AvgIpc) is 3.03. The molecule has 2 nitrogen and oxygen atoms in total. The van der Waals surface area contributed by atoms with Crippen molar-refractivity contribution in [3.8, 4) is 0 Å². The maximum atomic E-state index is 12.7. The third-order valence-electron chi connectivity index (χ3n) is 4.46. The van der Waals surface area contributed by atoms with Gasteiger partial charge in [0.15, 0.2) is 5.78 Å². The van der Waals surface area contributed by atoms with Crippen LogP contribution in [-0.2, 0) is 6.54 Å². The smallest absolute Gasteiger partial charge is 0.193 e. The molecule has 114 valence electrons. The summed E-state index contributed by atoms with van der Waals surface area (Å²) < 4.78 is 0. The normalized spacial score (nSPS) is 15.2. The summed E-state index contributed by atoms with van der Waals surface area (Å²) in [5, 5.41) is 0. The lowest BCUT2D eigenvalue weighted by atomic mass is 9.97. The van der Waals surface area contributed by atoms with Gasteiger partial charge in [-0.2, -0.15) is 0 Å². The molecule has 3 rings (SSSR count). The van der Waals surface area contributed by atoms with E-state index in [1.165, 1.54) is 31.5 Å². The van der Waals surface area contributed by atoms with Crippen molar-refractivity contribution in [1.29, 1.82) is 0 Å². The molecule has 1 fully saturated rings. The van der Waals surface area contributed by atoms with E-state index < -0.39 is 0 Å². The van der Waals surface area contributed by atoms with E-state index in [9.17, 15) is 4.79 Å². The van der Waals surface area contributed by atoms with Gasteiger partial charge in [-0.05, 0) is 57.0 Å². The molecule has 2 aromatic carbocycles. The maximum absolute atomic E-state index is 12.7. The van der Waals surface area contributed by atoms with Gasteiger partial charge >= 0.3 is 0 Å². The quantitative estimate of drug-likeness (QED) is 0.790. The Hall–Kier alpha value is -1.93. The standard InChI is InChI=1S/C20H23NO/c1-15-5-6-16(2)19(13-15)20(22)18-9-7-17(8-10-18)14-21-11-3-4-12-21/h5-10,13H,3-4,11-12,14H2,1-2H3. The number of hydrogen-bond donors (Lipinski definition) is 0. The first-order valence-corrected chi connectivity index (χ1v) is 8.07. The maximum Gasteiger partial charge on any atom is 0.193 e. The summed E-state index contributed by atoms with van der Waals surface area (Å²) >= 11 is 0. The Labute approximate surface area is 132 Å². The van der Waals surface area contributed by atoms with Crippen molar-refractivity contribution in [1.82, 2.24) is 4.90 Å². The van der Waals surface area contributed by atoms with E-state index in [-0.39, 0.29) is 5.78 Å². The van der Waals surface area contributed by atoms with Crippen LogP contribution in [0.5, 0.6) is 0 Å². The molecule has 0 unspecified atom stereocenters. The van der Waals surface area contributed by atoms with Crippen LogP contribution in [0.2, 0.25) is 0 Å². The molecule has 0 aliphatic carbocycles. The zero-order valence-corrected chi connectivity index (χ0v) is 13.4. The zero-order valence-electron chi connectivity index (χ0n) is 13.4. The van der Waals surface area contributed by atoms with E-state index in [1.54, 1.807) is 0 Å². The number of aryl methyl sites for hydroxylation is 2. The van der Waals surface area contributed by atoms with Gasteiger partial charge in [0.05, 0.1) is 0 Å². The fourth-order valence-electron chi connectivity index (χ4n) is 3.10. The lowest BCUT2D eigenvalue weighted by Gasteiger charge is -2.14. The second-order valence-corrected chi connectivity index (χ2v) is 6.33. The minimum atomic E-state index is 0.119. The number of rotatable bonds is 4. The number of ketones is 1. The minimum Gasteiger partial charge on any atom is -0.299 e. The number of carbonyl (C=O) groups excluding carboxylic acids is 1. The monoisotopic (exact) mass is 293 g/mol. The fraction of sp³-hybridized carbons (Fsp3) is 0.350. The van der Waals surface area contributed by atoms with Gasteiger partial charge in [0.1, 0.15) is 0 Å². The van der Waals surface area contributed by atoms with Crippen LogP contribution in [0.15, 0.2) is 42.5 Å². The summed E-state index contributed by atoms with van der Waals surface area (Å²) in [7, 11) is 0. The van der Waals surface area contributed by atoms with Gasteiger partial charge in [-0.25, -0.2) is 0 Å². The molecule has 0 bridgehead atoms. The van der Waals surface area contributed by atoms with E-state index in [2.05, 4.69) is 17.0 Å². The van der Waals surface area contributed by atoms with Crippen molar-refractivity contribution in [2.75, 3.05) is 13.1 Å². The molecule has 0 spiro atoms. The highest BCUT2D eigenvalue weighted by Crippen LogP contribution is 2.18. The first-order valence-electron chi connectivity index (χ1n) is 8.07. The third kappa shape index (κ3) is 3.28. The SMILES string of the molecule is Cc1ccc(C)c(C(=O)c2ccc(CN3CCCC3)cc2)c1. The molecule has 0 aromatic heterocycles. The lowest BCUT2D eigenvalue weighted by molar-refractivity contribution is 0.103. The Balaban J connectivity index is 1.77. The largest absolute Gasteiger partial charge is 0.299 e. The summed E-state index contributed by atoms with van der Waals surface area (Å²) in [5.41, 5.74) is 5.04. The van der Waals surface area contributed by atoms with Gasteiger partial charge in [0, 0.05) is 17.7 Å². The van der Waals surface area contributed by atoms with Crippen molar-refractivity contribution in [3.63, 3.8) is 0 Å². The van der Waals surface area contributed by atoms with Crippen LogP contribution < -0.4 is 0 Å². The van der Waals surface area contributed by atoms with Crippen LogP contribution in [0.4, 0.5) is 0 Å². The van der Waals surface area contributed by atoms with Crippen LogP contribution in [0.1, 0.15) is 45.5 Å². The van der Waals surface area contributed by atoms with Crippen LogP contribution >= 0.6 is 0 Å². The number of likely N-dealkylation sites (tertiary alicyclic amines) is 1. The van der Waals surface area contributed by atoms with Crippen LogP contribution in [0.25, 0.3) is 0 Å². The first-order chi connectivity index (χ1) is 10.6. The molecule has 0 N–H and O–H groups in total. The molecule has 1 aliphatic rings. The molecular weight excluding hydrogens is 270 g/mol. The fourth-order valence-corrected chi connectivity index (χ4v) is 3.10. The number of hydrogen-bond acceptors (Lipinski definition) is 2. The summed E-state index contributed by atoms with van der Waals surface area (Å²) in [4.78, 5) is 15.1. The predicted octanol–water partition coefficient (Wildman–Crippen LogP) is 4.13. The second-order valence-electron chi connectivity index (χ2n) is 6.33. The zero-order chi connectivity index (χ0) is 15.5. The summed E-state index contributed by atoms with van der Waals surface area (Å²) in [5.74, 6) is 0.119. The lowest BCUT2D eigenvalue weighted by Crippen LogP contribution is -2.18. The van der Waals surface area contributed by atoms with Gasteiger partial charge in [-0.3, -0.25) is 9.69 Å². The number of carbonyl (C=O) groups is 1. The predicted molar refractivity (Wildman–Crippen MR) is 90.3 cm³/mol. The van der Waals surface area contributed by atoms with Crippen molar-refractivity contribution < 1.29 is 4.79 Å². The highest BCUT2D eigenvalue weighted by molar-refractivity contribution is 6.10. The molecule has 0 saturated carbocycles. The topological polar surface area (TPSA) is 20.3 Å². The minimum absolute atomic E-state index is 0.119. The van der Waals surface area contributed by atoms with E-state index in [0.29, 0.717) is 0 Å². The van der Waals surface area contributed by atoms with Gasteiger partial charge in [0.2, 0.25) is 0 Å². The Morgan fingerprint density at radius 1 is 1.00 bits per heavy atom. The molecule has 2 aromatic rings. The molecule has 2 heteroatoms. The van der Waals surface area contributed by atoms with Crippen LogP contribution in [0.3, 0.4) is 0 Å². The molecule has 0 atom stereocenters. The average molecular weight is 293 g/mol. The molecular formula is C20H23NO. The molecule has 1 aliphatic heterocycles. The Morgan fingerprint density at radius 3 is 2.36 bits per heavy atom. The van der Waals surface area contributed by atoms with E-state index in [0.717, 1.165) is 28.8 Å².